The van der Waals surface area contributed by atoms with Crippen LogP contribution in [0, 0.1) is 0 Å². The van der Waals surface area contributed by atoms with E-state index in [0.29, 0.717) is 0 Å². The van der Waals surface area contributed by atoms with Gasteiger partial charge < -0.3 is 10.6 Å². The highest BCUT2D eigenvalue weighted by Gasteiger charge is 1.95. The maximum Gasteiger partial charge on any atom is 0.279 e. The highest BCUT2D eigenvalue weighted by molar-refractivity contribution is 7.96. The van der Waals surface area contributed by atoms with E-state index < -0.39 is 0 Å². The number of thiol groups is 1. The molecule has 0 aromatic carbocycles. The fourth-order valence-electron chi connectivity index (χ4n) is 0.0781. The molecular weight excluding hydrogens is 112 g/mol. The molecule has 0 saturated heterocycles. The largest absolute Gasteiger partial charge is 0.324 e. The Hall–Kier alpha value is -0.220. The van der Waals surface area contributed by atoms with Gasteiger partial charge in [-0.2, -0.15) is 0 Å². The van der Waals surface area contributed by atoms with Gasteiger partial charge in [0.15, 0.2) is 0 Å². The van der Waals surface area contributed by atoms with E-state index in [1.165, 1.54) is 4.90 Å². The Morgan fingerprint density at radius 3 is 2.43 bits per heavy atom. The third kappa shape index (κ3) is 2.47. The summed E-state index contributed by atoms with van der Waals surface area (Å²) in [5.74, 6) is 0. The Labute approximate surface area is 47.9 Å². The molecule has 0 aliphatic rings. The van der Waals surface area contributed by atoms with E-state index in [1.807, 2.05) is 0 Å². The molecule has 0 fully saturated rings. The zero-order valence-electron chi connectivity index (χ0n) is 4.09. The Balaban J connectivity index is 3.34. The van der Waals surface area contributed by atoms with Crippen molar-refractivity contribution in [3.63, 3.8) is 0 Å². The average molecular weight is 120 g/mol. The molecular formula is C3H8N2OS. The lowest BCUT2D eigenvalue weighted by molar-refractivity contribution is 0.235. The number of nitrogens with zero attached hydrogens (tertiary/aromatic N) is 1. The highest BCUT2D eigenvalue weighted by atomic mass is 32.1. The van der Waals surface area contributed by atoms with Gasteiger partial charge in [0, 0.05) is 7.05 Å². The molecule has 2 N–H and O–H groups in total. The number of hydrogen-bond acceptors (Lipinski definition) is 2. The number of nitrogens with two attached hydrogens (primary N) is 1. The Morgan fingerprint density at radius 1 is 2.00 bits per heavy atom. The smallest absolute Gasteiger partial charge is 0.279 e. The lowest BCUT2D eigenvalue weighted by atomic mass is 10.9. The van der Waals surface area contributed by atoms with Crippen LogP contribution in [-0.2, 0) is 0 Å². The highest BCUT2D eigenvalue weighted by Crippen LogP contribution is 1.85. The van der Waals surface area contributed by atoms with Crippen LogP contribution in [0.4, 0.5) is 4.79 Å². The molecule has 0 unspecified atom stereocenters. The van der Waals surface area contributed by atoms with Crippen LogP contribution in [0.2, 0.25) is 0 Å². The molecule has 0 aromatic rings. The Bertz CT molecular complexity index is 75.3. The van der Waals surface area contributed by atoms with E-state index in [0.717, 1.165) is 0 Å². The first-order valence-electron chi connectivity index (χ1n) is 1.82. The first-order chi connectivity index (χ1) is 3.18. The minimum atomic E-state index is -0.303. The lowest BCUT2D eigenvalue weighted by Gasteiger charge is -2.07. The molecule has 7 heavy (non-hydrogen) atoms. The molecule has 0 radical (unpaired) electrons. The third-order valence-corrected chi connectivity index (χ3v) is 0.942. The van der Waals surface area contributed by atoms with Crippen LogP contribution in [-0.4, -0.2) is 23.9 Å². The predicted molar refractivity (Wildman–Crippen MR) is 31.2 cm³/mol. The average Bonchev–Trinajstić information content (AvgIpc) is 1.65. The minimum Gasteiger partial charge on any atom is -0.324 e. The summed E-state index contributed by atoms with van der Waals surface area (Å²) in [5, 5.41) is -0.303. The predicted octanol–water partition coefficient (Wildman–Crippen LogP) is -0.116. The van der Waals surface area contributed by atoms with Crippen molar-refractivity contribution in [1.82, 2.24) is 4.90 Å². The van der Waals surface area contributed by atoms with Crippen LogP contribution < -0.4 is 5.73 Å². The first kappa shape index (κ1) is 6.78. The molecule has 4 heteroatoms. The number of carbonyl (C=O) groups is 1. The van der Waals surface area contributed by atoms with E-state index >= 15 is 0 Å². The van der Waals surface area contributed by atoms with Crippen molar-refractivity contribution in [2.75, 3.05) is 13.7 Å². The van der Waals surface area contributed by atoms with Crippen molar-refractivity contribution in [3.8, 4) is 0 Å². The molecule has 0 spiro atoms. The zero-order valence-corrected chi connectivity index (χ0v) is 4.98. The summed E-state index contributed by atoms with van der Waals surface area (Å²) in [6, 6.07) is 0. The van der Waals surface area contributed by atoms with Crippen molar-refractivity contribution >= 4 is 17.9 Å². The Morgan fingerprint density at radius 2 is 2.43 bits per heavy atom. The fourth-order valence-corrected chi connectivity index (χ4v) is 0.160. The van der Waals surface area contributed by atoms with Crippen LogP contribution in [0.5, 0.6) is 0 Å². The van der Waals surface area contributed by atoms with Gasteiger partial charge in [-0.05, 0) is 0 Å². The summed E-state index contributed by atoms with van der Waals surface area (Å²) >= 11 is 3.48. The van der Waals surface area contributed by atoms with Crippen molar-refractivity contribution in [1.29, 1.82) is 0 Å². The van der Waals surface area contributed by atoms with Crippen molar-refractivity contribution < 1.29 is 4.79 Å². The standard InChI is InChI=1S/C3H8N2OS/c1-5(2-4)3(6)7/h2,4H2,1H3,(H,6,7). The summed E-state index contributed by atoms with van der Waals surface area (Å²) in [7, 11) is 1.58. The molecule has 0 aliphatic heterocycles. The molecule has 0 rings (SSSR count). The summed E-state index contributed by atoms with van der Waals surface area (Å²) in [4.78, 5) is 11.4. The van der Waals surface area contributed by atoms with E-state index in [-0.39, 0.29) is 11.9 Å². The first-order valence-corrected chi connectivity index (χ1v) is 2.27. The Kier molecular flexibility index (Phi) is 2.78. The lowest BCUT2D eigenvalue weighted by Crippen LogP contribution is -2.27. The van der Waals surface area contributed by atoms with Crippen LogP contribution in [0.15, 0.2) is 0 Å². The molecule has 0 heterocycles. The third-order valence-electron chi connectivity index (χ3n) is 0.600. The molecule has 3 nitrogen and oxygen atoms in total. The zero-order chi connectivity index (χ0) is 5.86. The van der Waals surface area contributed by atoms with Gasteiger partial charge in [0.1, 0.15) is 0 Å². The van der Waals surface area contributed by atoms with Crippen molar-refractivity contribution in [3.05, 3.63) is 0 Å². The maximum atomic E-state index is 10.1. The molecule has 0 bridgehead atoms. The van der Waals surface area contributed by atoms with E-state index in [9.17, 15) is 4.79 Å². The quantitative estimate of drug-likeness (QED) is 0.374. The SMILES string of the molecule is CN(CN)C(=O)S. The van der Waals surface area contributed by atoms with Crippen LogP contribution in [0.3, 0.4) is 0 Å². The molecule has 0 atom stereocenters. The van der Waals surface area contributed by atoms with Crippen LogP contribution in [0.1, 0.15) is 0 Å². The summed E-state index contributed by atoms with van der Waals surface area (Å²) < 4.78 is 0. The monoisotopic (exact) mass is 120 g/mol. The van der Waals surface area contributed by atoms with E-state index in [2.05, 4.69) is 12.6 Å². The molecule has 42 valence electrons. The minimum absolute atomic E-state index is 0.225. The second-order valence-electron chi connectivity index (χ2n) is 1.16. The number of rotatable bonds is 1. The van der Waals surface area contributed by atoms with Gasteiger partial charge >= 0.3 is 0 Å². The molecule has 0 aromatic heterocycles. The van der Waals surface area contributed by atoms with Gasteiger partial charge in [-0.1, -0.05) is 12.6 Å². The molecule has 1 amide bonds. The summed E-state index contributed by atoms with van der Waals surface area (Å²) in [6.07, 6.45) is 0. The van der Waals surface area contributed by atoms with Gasteiger partial charge in [-0.3, -0.25) is 4.79 Å². The number of carbonyl (C=O) groups excluding carboxylic acids is 1. The number of amides is 1. The van der Waals surface area contributed by atoms with Gasteiger partial charge in [-0.15, -0.1) is 0 Å². The van der Waals surface area contributed by atoms with Crippen molar-refractivity contribution in [2.45, 2.75) is 0 Å². The summed E-state index contributed by atoms with van der Waals surface area (Å²) in [6.45, 7) is 0.225. The fraction of sp³-hybridized carbons (Fsp3) is 0.667. The van der Waals surface area contributed by atoms with Gasteiger partial charge in [-0.25, -0.2) is 0 Å². The molecule has 0 saturated carbocycles. The van der Waals surface area contributed by atoms with E-state index in [1.54, 1.807) is 7.05 Å². The van der Waals surface area contributed by atoms with Gasteiger partial charge in [0.2, 0.25) is 0 Å². The van der Waals surface area contributed by atoms with Crippen LogP contribution >= 0.6 is 12.6 Å². The number of hydrogen-bond donors (Lipinski definition) is 2. The summed E-state index contributed by atoms with van der Waals surface area (Å²) in [5.41, 5.74) is 5.03. The second-order valence-corrected chi connectivity index (χ2v) is 1.55. The van der Waals surface area contributed by atoms with Crippen molar-refractivity contribution in [2.24, 2.45) is 5.73 Å². The van der Waals surface area contributed by atoms with Gasteiger partial charge in [0.25, 0.3) is 5.24 Å². The second kappa shape index (κ2) is 2.87. The van der Waals surface area contributed by atoms with E-state index in [4.69, 9.17) is 5.73 Å². The van der Waals surface area contributed by atoms with Gasteiger partial charge in [0.05, 0.1) is 6.67 Å². The van der Waals surface area contributed by atoms with Crippen LogP contribution in [0.25, 0.3) is 0 Å². The maximum absolute atomic E-state index is 10.1. The topological polar surface area (TPSA) is 46.3 Å². The molecule has 0 aliphatic carbocycles. The normalized spacial score (nSPS) is 8.43.